The van der Waals surface area contributed by atoms with E-state index in [1.165, 1.54) is 4.31 Å². The number of anilines is 2. The van der Waals surface area contributed by atoms with Crippen LogP contribution in [-0.4, -0.2) is 53.2 Å². The zero-order chi connectivity index (χ0) is 20.1. The Morgan fingerprint density at radius 3 is 2.64 bits per heavy atom. The number of aryl methyl sites for hydroxylation is 1. The molecule has 1 aliphatic rings. The molecule has 3 rings (SSSR count). The van der Waals surface area contributed by atoms with Crippen molar-refractivity contribution in [2.24, 2.45) is 0 Å². The van der Waals surface area contributed by atoms with Gasteiger partial charge in [0.15, 0.2) is 0 Å². The number of nitrogens with one attached hydrogen (secondary N) is 1. The topological polar surface area (TPSA) is 78.4 Å². The molecule has 152 valence electrons. The minimum absolute atomic E-state index is 0.115. The lowest BCUT2D eigenvalue weighted by molar-refractivity contribution is 0.285. The minimum atomic E-state index is -3.40. The second kappa shape index (κ2) is 8.98. The van der Waals surface area contributed by atoms with Crippen LogP contribution in [0.3, 0.4) is 0 Å². The molecule has 0 aromatic carbocycles. The van der Waals surface area contributed by atoms with Gasteiger partial charge < -0.3 is 5.32 Å². The van der Waals surface area contributed by atoms with Crippen molar-refractivity contribution in [1.82, 2.24) is 18.6 Å². The van der Waals surface area contributed by atoms with E-state index in [9.17, 15) is 8.42 Å². The fourth-order valence-corrected chi connectivity index (χ4v) is 5.29. The Labute approximate surface area is 168 Å². The van der Waals surface area contributed by atoms with Crippen LogP contribution in [0.2, 0.25) is 0 Å². The summed E-state index contributed by atoms with van der Waals surface area (Å²) in [6.45, 7) is 7.80. The van der Waals surface area contributed by atoms with Crippen LogP contribution < -0.4 is 5.32 Å². The average molecular weight is 404 g/mol. The highest BCUT2D eigenvalue weighted by atomic mass is 32.2. The van der Waals surface area contributed by atoms with Gasteiger partial charge in [-0.3, -0.25) is 4.98 Å². The Balaban J connectivity index is 1.71. The first-order chi connectivity index (χ1) is 13.5. The van der Waals surface area contributed by atoms with Gasteiger partial charge in [0.05, 0.1) is 11.9 Å². The molecular weight excluding hydrogens is 374 g/mol. The molecular formula is C20H29N5O2S. The van der Waals surface area contributed by atoms with Gasteiger partial charge in [0, 0.05) is 44.0 Å². The molecule has 3 heterocycles. The number of aromatic nitrogens is 2. The summed E-state index contributed by atoms with van der Waals surface area (Å²) in [7, 11) is -3.40. The lowest BCUT2D eigenvalue weighted by atomic mass is 9.95. The fourth-order valence-electron chi connectivity index (χ4n) is 3.58. The third kappa shape index (κ3) is 4.51. The van der Waals surface area contributed by atoms with Gasteiger partial charge in [0.2, 0.25) is 0 Å². The maximum Gasteiger partial charge on any atom is 0.281 e. The number of hydrogen-bond acceptors (Lipinski definition) is 5. The monoisotopic (exact) mass is 403 g/mol. The highest BCUT2D eigenvalue weighted by molar-refractivity contribution is 7.86. The molecule has 1 atom stereocenters. The second-order valence-corrected chi connectivity index (χ2v) is 8.98. The van der Waals surface area contributed by atoms with Crippen molar-refractivity contribution in [2.45, 2.75) is 39.5 Å². The molecule has 0 aliphatic carbocycles. The van der Waals surface area contributed by atoms with Crippen LogP contribution in [0.5, 0.6) is 0 Å². The zero-order valence-electron chi connectivity index (χ0n) is 16.8. The predicted molar refractivity (Wildman–Crippen MR) is 112 cm³/mol. The van der Waals surface area contributed by atoms with Crippen molar-refractivity contribution in [3.05, 3.63) is 47.9 Å². The third-order valence-electron chi connectivity index (χ3n) is 5.22. The van der Waals surface area contributed by atoms with Gasteiger partial charge in [-0.05, 0) is 43.5 Å². The van der Waals surface area contributed by atoms with Crippen LogP contribution in [-0.2, 0) is 10.2 Å². The molecule has 1 N–H and O–H groups in total. The molecule has 7 nitrogen and oxygen atoms in total. The normalized spacial score (nSPS) is 18.4. The first-order valence-electron chi connectivity index (χ1n) is 9.85. The molecule has 0 spiro atoms. The van der Waals surface area contributed by atoms with Gasteiger partial charge in [-0.1, -0.05) is 19.9 Å². The summed E-state index contributed by atoms with van der Waals surface area (Å²) in [5.41, 5.74) is 2.87. The van der Waals surface area contributed by atoms with Crippen molar-refractivity contribution in [1.29, 1.82) is 0 Å². The predicted octanol–water partition coefficient (Wildman–Crippen LogP) is 3.29. The third-order valence-corrected chi connectivity index (χ3v) is 7.37. The largest absolute Gasteiger partial charge is 0.339 e. The quantitative estimate of drug-likeness (QED) is 0.767. The lowest BCUT2D eigenvalue weighted by Gasteiger charge is -2.34. The van der Waals surface area contributed by atoms with Gasteiger partial charge in [0.25, 0.3) is 10.2 Å². The van der Waals surface area contributed by atoms with Crippen LogP contribution in [0.4, 0.5) is 11.5 Å². The Morgan fingerprint density at radius 1 is 1.21 bits per heavy atom. The van der Waals surface area contributed by atoms with Crippen LogP contribution in [0.25, 0.3) is 0 Å². The van der Waals surface area contributed by atoms with E-state index in [0.717, 1.165) is 35.6 Å². The average Bonchev–Trinajstić information content (AvgIpc) is 2.71. The van der Waals surface area contributed by atoms with Crippen molar-refractivity contribution in [3.8, 4) is 0 Å². The molecule has 0 amide bonds. The maximum atomic E-state index is 12.8. The van der Waals surface area contributed by atoms with E-state index < -0.39 is 10.2 Å². The summed E-state index contributed by atoms with van der Waals surface area (Å²) in [5.74, 6) is 0.927. The van der Waals surface area contributed by atoms with Crippen LogP contribution in [0.15, 0.2) is 36.7 Å². The van der Waals surface area contributed by atoms with E-state index in [-0.39, 0.29) is 5.92 Å². The fraction of sp³-hybridized carbons (Fsp3) is 0.500. The van der Waals surface area contributed by atoms with Gasteiger partial charge >= 0.3 is 0 Å². The number of nitrogens with zero attached hydrogens (tertiary/aromatic N) is 4. The van der Waals surface area contributed by atoms with E-state index >= 15 is 0 Å². The Hall–Kier alpha value is -2.03. The van der Waals surface area contributed by atoms with E-state index in [4.69, 9.17) is 0 Å². The van der Waals surface area contributed by atoms with Gasteiger partial charge in [-0.2, -0.15) is 17.0 Å². The maximum absolute atomic E-state index is 12.8. The lowest BCUT2D eigenvalue weighted by Crippen LogP contribution is -2.47. The van der Waals surface area contributed by atoms with Gasteiger partial charge in [0.1, 0.15) is 5.82 Å². The second-order valence-electron chi connectivity index (χ2n) is 7.05. The molecule has 1 saturated heterocycles. The van der Waals surface area contributed by atoms with E-state index in [1.54, 1.807) is 16.7 Å². The number of piperidine rings is 1. The minimum Gasteiger partial charge on any atom is -0.339 e. The van der Waals surface area contributed by atoms with Crippen LogP contribution in [0, 0.1) is 6.92 Å². The highest BCUT2D eigenvalue weighted by Crippen LogP contribution is 2.29. The molecule has 1 aliphatic heterocycles. The molecule has 8 heteroatoms. The first-order valence-corrected chi connectivity index (χ1v) is 11.2. The Bertz CT molecular complexity index is 882. The summed E-state index contributed by atoms with van der Waals surface area (Å²) in [4.78, 5) is 8.94. The van der Waals surface area contributed by atoms with Crippen LogP contribution in [0.1, 0.15) is 43.9 Å². The molecule has 0 bridgehead atoms. The van der Waals surface area contributed by atoms with Crippen molar-refractivity contribution < 1.29 is 8.42 Å². The van der Waals surface area contributed by atoms with E-state index in [0.29, 0.717) is 26.2 Å². The summed E-state index contributed by atoms with van der Waals surface area (Å²) in [6.07, 6.45) is 5.34. The summed E-state index contributed by atoms with van der Waals surface area (Å²) in [6, 6.07) is 7.88. The summed E-state index contributed by atoms with van der Waals surface area (Å²) < 4.78 is 28.8. The molecule has 0 radical (unpaired) electrons. The molecule has 2 aromatic rings. The van der Waals surface area contributed by atoms with Gasteiger partial charge in [-0.15, -0.1) is 0 Å². The van der Waals surface area contributed by atoms with Crippen molar-refractivity contribution >= 4 is 21.7 Å². The number of hydrogen-bond donors (Lipinski definition) is 1. The molecule has 1 fully saturated rings. The number of rotatable bonds is 7. The summed E-state index contributed by atoms with van der Waals surface area (Å²) in [5, 5.41) is 3.28. The van der Waals surface area contributed by atoms with Crippen LogP contribution >= 0.6 is 0 Å². The molecule has 28 heavy (non-hydrogen) atoms. The Morgan fingerprint density at radius 2 is 2.00 bits per heavy atom. The van der Waals surface area contributed by atoms with Crippen molar-refractivity contribution in [3.63, 3.8) is 0 Å². The standard InChI is InChI=1S/C20H29N5O2S/c1-4-24(5-2)28(26,27)25-13-7-9-17(15-25)19-11-10-18(14-22-19)23-20-16(3)8-6-12-21-20/h6,8,10-12,14,17H,4-5,7,9,13,15H2,1-3H3,(H,21,23)/t17-/m1/s1. The zero-order valence-corrected chi connectivity index (χ0v) is 17.6. The highest BCUT2D eigenvalue weighted by Gasteiger charge is 2.33. The summed E-state index contributed by atoms with van der Waals surface area (Å²) >= 11 is 0. The Kier molecular flexibility index (Phi) is 6.64. The van der Waals surface area contributed by atoms with Gasteiger partial charge in [-0.25, -0.2) is 4.98 Å². The number of pyridine rings is 2. The first kappa shape index (κ1) is 20.7. The van der Waals surface area contributed by atoms with E-state index in [1.807, 2.05) is 45.0 Å². The molecule has 0 unspecified atom stereocenters. The molecule has 0 saturated carbocycles. The molecule has 2 aromatic heterocycles. The van der Waals surface area contributed by atoms with E-state index in [2.05, 4.69) is 15.3 Å². The SMILES string of the molecule is CCN(CC)S(=O)(=O)N1CCC[C@@H](c2ccc(Nc3ncccc3C)cn2)C1. The van der Waals surface area contributed by atoms with Crippen molar-refractivity contribution in [2.75, 3.05) is 31.5 Å². The smallest absolute Gasteiger partial charge is 0.281 e.